The molecule has 0 unspecified atom stereocenters. The quantitative estimate of drug-likeness (QED) is 0.890. The largest absolute Gasteiger partial charge is 0.507 e. The maximum atomic E-state index is 12.7. The summed E-state index contributed by atoms with van der Waals surface area (Å²) in [4.78, 5) is 16.7. The van der Waals surface area contributed by atoms with E-state index in [0.29, 0.717) is 18.5 Å². The third-order valence-corrected chi connectivity index (χ3v) is 4.37. The zero-order chi connectivity index (χ0) is 18.0. The van der Waals surface area contributed by atoms with Gasteiger partial charge in [0.15, 0.2) is 0 Å². The van der Waals surface area contributed by atoms with Gasteiger partial charge in [-0.05, 0) is 50.0 Å². The van der Waals surface area contributed by atoms with Crippen molar-refractivity contribution in [3.05, 3.63) is 46.6 Å². The molecule has 134 valence electrons. The summed E-state index contributed by atoms with van der Waals surface area (Å²) < 4.78 is 39.6. The van der Waals surface area contributed by atoms with Crippen LogP contribution < -0.4 is 10.9 Å². The molecule has 1 aromatic heterocycles. The highest BCUT2D eigenvalue weighted by Crippen LogP contribution is 2.35. The fraction of sp³-hybridized carbons (Fsp3) is 0.412. The number of phenols is 1. The summed E-state index contributed by atoms with van der Waals surface area (Å²) in [5, 5.41) is 13.2. The van der Waals surface area contributed by atoms with Crippen LogP contribution in [-0.2, 0) is 12.7 Å². The zero-order valence-electron chi connectivity index (χ0n) is 13.4. The summed E-state index contributed by atoms with van der Waals surface area (Å²) in [6, 6.07) is 2.57. The topological polar surface area (TPSA) is 67.1 Å². The molecule has 0 bridgehead atoms. The lowest BCUT2D eigenvalue weighted by atomic mass is 9.99. The van der Waals surface area contributed by atoms with E-state index in [9.17, 15) is 23.1 Å². The van der Waals surface area contributed by atoms with Crippen LogP contribution in [0.1, 0.15) is 18.4 Å². The number of aromatic hydroxyl groups is 1. The first-order chi connectivity index (χ1) is 11.9. The van der Waals surface area contributed by atoms with Gasteiger partial charge in [0.25, 0.3) is 5.56 Å². The van der Waals surface area contributed by atoms with E-state index in [0.717, 1.165) is 38.1 Å². The summed E-state index contributed by atoms with van der Waals surface area (Å²) in [6.45, 7) is 2.25. The zero-order valence-corrected chi connectivity index (χ0v) is 13.4. The minimum absolute atomic E-state index is 0.0432. The summed E-state index contributed by atoms with van der Waals surface area (Å²) in [5.41, 5.74) is -1.22. The lowest BCUT2D eigenvalue weighted by Gasteiger charge is -2.23. The smallest absolute Gasteiger partial charge is 0.416 e. The highest BCUT2D eigenvalue weighted by atomic mass is 19.4. The number of phenolic OH excluding ortho intramolecular Hbond substituents is 1. The second kappa shape index (κ2) is 6.87. The van der Waals surface area contributed by atoms with Crippen molar-refractivity contribution in [3.8, 4) is 16.9 Å². The summed E-state index contributed by atoms with van der Waals surface area (Å²) in [6.07, 6.45) is 0.155. The van der Waals surface area contributed by atoms with Gasteiger partial charge in [-0.15, -0.1) is 0 Å². The van der Waals surface area contributed by atoms with Gasteiger partial charge in [-0.25, -0.2) is 4.98 Å². The Kier molecular flexibility index (Phi) is 4.80. The summed E-state index contributed by atoms with van der Waals surface area (Å²) in [7, 11) is 0. The standard InChI is InChI=1S/C17H18F3N3O2/c18-17(19,20)12-3-4-13(15(24)6-12)14-8-22-10-23(16(14)25)9-11-2-1-5-21-7-11/h3-4,6,8,10-11,21,24H,1-2,5,7,9H2/t11-/m0/s1. The molecule has 1 atom stereocenters. The molecule has 2 N–H and O–H groups in total. The Labute approximate surface area is 142 Å². The van der Waals surface area contributed by atoms with Crippen molar-refractivity contribution < 1.29 is 18.3 Å². The molecule has 1 aliphatic heterocycles. The molecule has 8 heteroatoms. The highest BCUT2D eigenvalue weighted by Gasteiger charge is 2.31. The lowest BCUT2D eigenvalue weighted by molar-refractivity contribution is -0.137. The van der Waals surface area contributed by atoms with Crippen LogP contribution in [0.4, 0.5) is 13.2 Å². The van der Waals surface area contributed by atoms with Gasteiger partial charge in [-0.2, -0.15) is 13.2 Å². The van der Waals surface area contributed by atoms with Crippen LogP contribution in [0.2, 0.25) is 0 Å². The Bertz CT molecular complexity index is 812. The van der Waals surface area contributed by atoms with E-state index in [1.54, 1.807) is 0 Å². The monoisotopic (exact) mass is 353 g/mol. The lowest BCUT2D eigenvalue weighted by Crippen LogP contribution is -2.35. The second-order valence-corrected chi connectivity index (χ2v) is 6.21. The molecule has 2 heterocycles. The Hall–Kier alpha value is -2.35. The van der Waals surface area contributed by atoms with Gasteiger partial charge in [0, 0.05) is 18.3 Å². The molecule has 1 aromatic carbocycles. The van der Waals surface area contributed by atoms with Crippen molar-refractivity contribution in [1.29, 1.82) is 0 Å². The van der Waals surface area contributed by atoms with Crippen LogP contribution in [0.25, 0.3) is 11.1 Å². The van der Waals surface area contributed by atoms with Gasteiger partial charge in [-0.1, -0.05) is 0 Å². The maximum absolute atomic E-state index is 12.7. The Morgan fingerprint density at radius 3 is 2.76 bits per heavy atom. The average molecular weight is 353 g/mol. The van der Waals surface area contributed by atoms with Gasteiger partial charge in [0.05, 0.1) is 17.5 Å². The van der Waals surface area contributed by atoms with Crippen molar-refractivity contribution in [1.82, 2.24) is 14.9 Å². The number of hydrogen-bond donors (Lipinski definition) is 2. The van der Waals surface area contributed by atoms with E-state index >= 15 is 0 Å². The molecular weight excluding hydrogens is 335 g/mol. The van der Waals surface area contributed by atoms with Crippen molar-refractivity contribution >= 4 is 0 Å². The van der Waals surface area contributed by atoms with Gasteiger partial charge in [0.1, 0.15) is 5.75 Å². The van der Waals surface area contributed by atoms with Gasteiger partial charge < -0.3 is 10.4 Å². The van der Waals surface area contributed by atoms with E-state index < -0.39 is 17.5 Å². The number of rotatable bonds is 3. The molecule has 1 aliphatic rings. The SMILES string of the molecule is O=c1c(-c2ccc(C(F)(F)F)cc2O)cncn1C[C@H]1CCCNC1. The predicted molar refractivity (Wildman–Crippen MR) is 86.2 cm³/mol. The summed E-state index contributed by atoms with van der Waals surface area (Å²) >= 11 is 0. The van der Waals surface area contributed by atoms with Crippen molar-refractivity contribution in [2.75, 3.05) is 13.1 Å². The van der Waals surface area contributed by atoms with Crippen LogP contribution in [0, 0.1) is 5.92 Å². The van der Waals surface area contributed by atoms with Crippen molar-refractivity contribution in [2.45, 2.75) is 25.6 Å². The van der Waals surface area contributed by atoms with Crippen LogP contribution in [0.3, 0.4) is 0 Å². The van der Waals surface area contributed by atoms with Crippen LogP contribution in [-0.4, -0.2) is 27.7 Å². The van der Waals surface area contributed by atoms with Gasteiger partial charge in [0.2, 0.25) is 0 Å². The van der Waals surface area contributed by atoms with Gasteiger partial charge in [-0.3, -0.25) is 9.36 Å². The minimum Gasteiger partial charge on any atom is -0.507 e. The van der Waals surface area contributed by atoms with Crippen LogP contribution in [0.5, 0.6) is 5.75 Å². The van der Waals surface area contributed by atoms with Crippen LogP contribution in [0.15, 0.2) is 35.5 Å². The number of benzene rings is 1. The Morgan fingerprint density at radius 2 is 2.12 bits per heavy atom. The molecule has 0 saturated carbocycles. The fourth-order valence-corrected chi connectivity index (χ4v) is 3.06. The Balaban J connectivity index is 1.93. The number of alkyl halides is 3. The van der Waals surface area contributed by atoms with Crippen LogP contribution >= 0.6 is 0 Å². The molecule has 1 fully saturated rings. The highest BCUT2D eigenvalue weighted by molar-refractivity contribution is 5.69. The first-order valence-corrected chi connectivity index (χ1v) is 8.02. The van der Waals surface area contributed by atoms with Crippen molar-refractivity contribution in [3.63, 3.8) is 0 Å². The second-order valence-electron chi connectivity index (χ2n) is 6.21. The number of piperidine rings is 1. The first-order valence-electron chi connectivity index (χ1n) is 8.02. The normalized spacial score (nSPS) is 18.3. The van der Waals surface area contributed by atoms with E-state index in [1.807, 2.05) is 0 Å². The summed E-state index contributed by atoms with van der Waals surface area (Å²) in [5.74, 6) is -0.296. The third-order valence-electron chi connectivity index (χ3n) is 4.37. The average Bonchev–Trinajstić information content (AvgIpc) is 2.57. The van der Waals surface area contributed by atoms with E-state index in [1.165, 1.54) is 17.1 Å². The number of nitrogens with zero attached hydrogens (tertiary/aromatic N) is 2. The van der Waals surface area contributed by atoms with E-state index in [2.05, 4.69) is 10.3 Å². The van der Waals surface area contributed by atoms with E-state index in [4.69, 9.17) is 0 Å². The number of hydrogen-bond acceptors (Lipinski definition) is 4. The first kappa shape index (κ1) is 17.5. The number of aromatic nitrogens is 2. The van der Waals surface area contributed by atoms with E-state index in [-0.39, 0.29) is 16.7 Å². The molecular formula is C17H18F3N3O2. The number of nitrogens with one attached hydrogen (secondary N) is 1. The number of halogens is 3. The molecule has 2 aromatic rings. The fourth-order valence-electron chi connectivity index (χ4n) is 3.06. The minimum atomic E-state index is -4.56. The molecule has 0 spiro atoms. The molecule has 0 aliphatic carbocycles. The molecule has 0 amide bonds. The van der Waals surface area contributed by atoms with Crippen molar-refractivity contribution in [2.24, 2.45) is 5.92 Å². The Morgan fingerprint density at radius 1 is 1.32 bits per heavy atom. The van der Waals surface area contributed by atoms with Gasteiger partial charge >= 0.3 is 6.18 Å². The molecule has 25 heavy (non-hydrogen) atoms. The third kappa shape index (κ3) is 3.84. The molecule has 3 rings (SSSR count). The predicted octanol–water partition coefficient (Wildman–Crippen LogP) is 2.63. The molecule has 0 radical (unpaired) electrons. The molecule has 1 saturated heterocycles. The molecule has 5 nitrogen and oxygen atoms in total. The maximum Gasteiger partial charge on any atom is 0.416 e.